The van der Waals surface area contributed by atoms with Crippen molar-refractivity contribution in [3.05, 3.63) is 29.6 Å². The Kier molecular flexibility index (Phi) is 3.05. The van der Waals surface area contributed by atoms with Crippen LogP contribution in [0.4, 0.5) is 10.1 Å². The second-order valence-corrected chi connectivity index (χ2v) is 6.22. The summed E-state index contributed by atoms with van der Waals surface area (Å²) in [6.45, 7) is 0.311. The van der Waals surface area contributed by atoms with Crippen molar-refractivity contribution in [2.24, 2.45) is 5.73 Å². The van der Waals surface area contributed by atoms with Gasteiger partial charge >= 0.3 is 0 Å². The molecule has 7 heteroatoms. The summed E-state index contributed by atoms with van der Waals surface area (Å²) in [5, 5.41) is 0. The third kappa shape index (κ3) is 2.25. The van der Waals surface area contributed by atoms with E-state index in [-0.39, 0.29) is 16.4 Å². The molecule has 0 atom stereocenters. The van der Waals surface area contributed by atoms with Crippen molar-refractivity contribution in [3.63, 3.8) is 0 Å². The minimum Gasteiger partial charge on any atom is -0.389 e. The Labute approximate surface area is 104 Å². The quantitative estimate of drug-likeness (QED) is 0.817. The summed E-state index contributed by atoms with van der Waals surface area (Å²) in [7, 11) is -3.37. The zero-order valence-corrected chi connectivity index (χ0v) is 10.5. The molecular weight excluding hydrogens is 263 g/mol. The van der Waals surface area contributed by atoms with Crippen molar-refractivity contribution >= 4 is 32.9 Å². The molecule has 0 bridgehead atoms. The molecule has 1 fully saturated rings. The average Bonchev–Trinajstić information content (AvgIpc) is 2.58. The van der Waals surface area contributed by atoms with Crippen molar-refractivity contribution in [1.82, 2.24) is 0 Å². The van der Waals surface area contributed by atoms with Crippen LogP contribution in [-0.2, 0) is 10.0 Å². The van der Waals surface area contributed by atoms with E-state index >= 15 is 0 Å². The number of thiocarbonyl (C=S) groups is 1. The molecule has 0 radical (unpaired) electrons. The Morgan fingerprint density at radius 2 is 2.18 bits per heavy atom. The lowest BCUT2D eigenvalue weighted by Crippen LogP contribution is -2.26. The monoisotopic (exact) mass is 274 g/mol. The maximum atomic E-state index is 13.8. The predicted octanol–water partition coefficient (Wildman–Crippen LogP) is 1.000. The van der Waals surface area contributed by atoms with Crippen LogP contribution in [0, 0.1) is 5.82 Å². The highest BCUT2D eigenvalue weighted by molar-refractivity contribution is 7.93. The van der Waals surface area contributed by atoms with Crippen LogP contribution in [0.3, 0.4) is 0 Å². The molecule has 17 heavy (non-hydrogen) atoms. The summed E-state index contributed by atoms with van der Waals surface area (Å²) in [6.07, 6.45) is 0.513. The van der Waals surface area contributed by atoms with Gasteiger partial charge in [-0.3, -0.25) is 4.31 Å². The van der Waals surface area contributed by atoms with E-state index in [2.05, 4.69) is 0 Å². The molecule has 92 valence electrons. The fourth-order valence-corrected chi connectivity index (χ4v) is 3.47. The maximum Gasteiger partial charge on any atom is 0.235 e. The van der Waals surface area contributed by atoms with Crippen LogP contribution in [0.2, 0.25) is 0 Å². The molecule has 1 aliphatic rings. The third-order valence-electron chi connectivity index (χ3n) is 2.60. The van der Waals surface area contributed by atoms with E-state index in [1.54, 1.807) is 0 Å². The van der Waals surface area contributed by atoms with E-state index in [9.17, 15) is 12.8 Å². The summed E-state index contributed by atoms with van der Waals surface area (Å²) in [5.41, 5.74) is 5.82. The minimum absolute atomic E-state index is 0.0579. The van der Waals surface area contributed by atoms with Gasteiger partial charge in [-0.15, -0.1) is 0 Å². The van der Waals surface area contributed by atoms with E-state index in [1.165, 1.54) is 12.1 Å². The standard InChI is InChI=1S/C10H11FN2O2S2/c11-8-6-7(10(12)16)2-3-9(8)13-4-1-5-17(13,14)15/h2-3,6H,1,4-5H2,(H2,12,16). The first-order valence-electron chi connectivity index (χ1n) is 5.01. The topological polar surface area (TPSA) is 63.4 Å². The number of sulfonamides is 1. The zero-order valence-electron chi connectivity index (χ0n) is 8.89. The largest absolute Gasteiger partial charge is 0.389 e. The molecule has 1 heterocycles. The van der Waals surface area contributed by atoms with Crippen molar-refractivity contribution < 1.29 is 12.8 Å². The first-order valence-corrected chi connectivity index (χ1v) is 7.03. The van der Waals surface area contributed by atoms with Crippen LogP contribution in [0.1, 0.15) is 12.0 Å². The molecule has 1 aromatic carbocycles. The van der Waals surface area contributed by atoms with Crippen LogP contribution in [0.25, 0.3) is 0 Å². The molecule has 0 aromatic heterocycles. The van der Waals surface area contributed by atoms with Crippen molar-refractivity contribution in [2.45, 2.75) is 6.42 Å². The van der Waals surface area contributed by atoms with Crippen molar-refractivity contribution in [1.29, 1.82) is 0 Å². The molecule has 4 nitrogen and oxygen atoms in total. The van der Waals surface area contributed by atoms with Crippen molar-refractivity contribution in [2.75, 3.05) is 16.6 Å². The summed E-state index contributed by atoms with van der Waals surface area (Å²) in [4.78, 5) is 0.0831. The molecule has 0 aliphatic carbocycles. The second-order valence-electron chi connectivity index (χ2n) is 3.77. The molecule has 0 saturated carbocycles. The van der Waals surface area contributed by atoms with Gasteiger partial charge in [0.15, 0.2) is 0 Å². The fourth-order valence-electron chi connectivity index (χ4n) is 1.77. The highest BCUT2D eigenvalue weighted by atomic mass is 32.2. The van der Waals surface area contributed by atoms with Crippen LogP contribution in [-0.4, -0.2) is 25.7 Å². The number of rotatable bonds is 2. The fraction of sp³-hybridized carbons (Fsp3) is 0.300. The maximum absolute atomic E-state index is 13.8. The van der Waals surface area contributed by atoms with E-state index in [0.29, 0.717) is 18.5 Å². The van der Waals surface area contributed by atoms with Gasteiger partial charge in [-0.2, -0.15) is 0 Å². The van der Waals surface area contributed by atoms with Gasteiger partial charge in [0.05, 0.1) is 11.4 Å². The lowest BCUT2D eigenvalue weighted by molar-refractivity contribution is 0.595. The van der Waals surface area contributed by atoms with E-state index in [1.807, 2.05) is 0 Å². The summed E-state index contributed by atoms with van der Waals surface area (Å²) in [5.74, 6) is -0.565. The number of hydrogen-bond acceptors (Lipinski definition) is 3. The van der Waals surface area contributed by atoms with E-state index < -0.39 is 15.8 Å². The molecule has 0 spiro atoms. The molecule has 0 amide bonds. The molecule has 1 aromatic rings. The number of anilines is 1. The first kappa shape index (κ1) is 12.3. The number of nitrogens with zero attached hydrogens (tertiary/aromatic N) is 1. The van der Waals surface area contributed by atoms with Gasteiger partial charge in [0.2, 0.25) is 10.0 Å². The highest BCUT2D eigenvalue weighted by Gasteiger charge is 2.30. The average molecular weight is 274 g/mol. The lowest BCUT2D eigenvalue weighted by Gasteiger charge is -2.17. The van der Waals surface area contributed by atoms with E-state index in [4.69, 9.17) is 18.0 Å². The number of hydrogen-bond donors (Lipinski definition) is 1. The second kappa shape index (κ2) is 4.23. The van der Waals surface area contributed by atoms with Gasteiger partial charge in [-0.1, -0.05) is 12.2 Å². The van der Waals surface area contributed by atoms with E-state index in [0.717, 1.165) is 10.4 Å². The van der Waals surface area contributed by atoms with Crippen molar-refractivity contribution in [3.8, 4) is 0 Å². The summed E-state index contributed by atoms with van der Waals surface area (Å²) < 4.78 is 38.2. The van der Waals surface area contributed by atoms with Crippen LogP contribution >= 0.6 is 12.2 Å². The molecule has 2 N–H and O–H groups in total. The number of halogens is 1. The Morgan fingerprint density at radius 1 is 1.47 bits per heavy atom. The first-order chi connectivity index (χ1) is 7.92. The molecule has 2 rings (SSSR count). The van der Waals surface area contributed by atoms with Crippen LogP contribution in [0.5, 0.6) is 0 Å². The van der Waals surface area contributed by atoms with Crippen LogP contribution in [0.15, 0.2) is 18.2 Å². The van der Waals surface area contributed by atoms with Gasteiger partial charge in [0.1, 0.15) is 10.8 Å². The van der Waals surface area contributed by atoms with Gasteiger partial charge in [-0.25, -0.2) is 12.8 Å². The number of benzene rings is 1. The lowest BCUT2D eigenvalue weighted by atomic mass is 10.2. The van der Waals surface area contributed by atoms with Crippen LogP contribution < -0.4 is 10.0 Å². The normalized spacial score (nSPS) is 18.3. The Morgan fingerprint density at radius 3 is 2.65 bits per heavy atom. The number of nitrogens with two attached hydrogens (primary N) is 1. The summed E-state index contributed by atoms with van der Waals surface area (Å²) >= 11 is 4.72. The minimum atomic E-state index is -3.37. The highest BCUT2D eigenvalue weighted by Crippen LogP contribution is 2.27. The Bertz CT molecular complexity index is 572. The predicted molar refractivity (Wildman–Crippen MR) is 68.0 cm³/mol. The third-order valence-corrected chi connectivity index (χ3v) is 4.69. The Hall–Kier alpha value is -1.21. The Balaban J connectivity index is 2.44. The molecule has 0 unspecified atom stereocenters. The van der Waals surface area contributed by atoms with Gasteiger partial charge in [0.25, 0.3) is 0 Å². The van der Waals surface area contributed by atoms with Gasteiger partial charge in [0, 0.05) is 12.1 Å². The SMILES string of the molecule is NC(=S)c1ccc(N2CCCS2(=O)=O)c(F)c1. The molecule has 1 saturated heterocycles. The molecule has 1 aliphatic heterocycles. The summed E-state index contributed by atoms with van der Waals surface area (Å²) in [6, 6.07) is 4.08. The zero-order chi connectivity index (χ0) is 12.6. The molecular formula is C10H11FN2O2S2. The smallest absolute Gasteiger partial charge is 0.235 e. The van der Waals surface area contributed by atoms with Gasteiger partial charge in [-0.05, 0) is 24.6 Å². The van der Waals surface area contributed by atoms with Gasteiger partial charge < -0.3 is 5.73 Å².